The first-order chi connectivity index (χ1) is 11.6. The number of nitrogens with zero attached hydrogens (tertiary/aromatic N) is 3. The maximum atomic E-state index is 12.6. The molecule has 1 aromatic carbocycles. The van der Waals surface area contributed by atoms with E-state index < -0.39 is 0 Å². The van der Waals surface area contributed by atoms with Crippen LogP contribution >= 0.6 is 0 Å². The normalized spacial score (nSPS) is 16.0. The van der Waals surface area contributed by atoms with Gasteiger partial charge in [0.2, 0.25) is 5.91 Å². The molecule has 128 valence electrons. The lowest BCUT2D eigenvalue weighted by Gasteiger charge is -2.31. The van der Waals surface area contributed by atoms with Gasteiger partial charge in [0.15, 0.2) is 17.6 Å². The van der Waals surface area contributed by atoms with Crippen molar-refractivity contribution >= 4 is 5.91 Å². The zero-order valence-electron chi connectivity index (χ0n) is 14.4. The third-order valence-corrected chi connectivity index (χ3v) is 4.11. The highest BCUT2D eigenvalue weighted by Crippen LogP contribution is 2.31. The van der Waals surface area contributed by atoms with Crippen molar-refractivity contribution in [3.8, 4) is 11.5 Å². The fourth-order valence-corrected chi connectivity index (χ4v) is 2.87. The number of rotatable bonds is 5. The third-order valence-electron chi connectivity index (χ3n) is 4.11. The summed E-state index contributed by atoms with van der Waals surface area (Å²) in [4.78, 5) is 14.4. The van der Waals surface area contributed by atoms with Crippen LogP contribution in [0.3, 0.4) is 0 Å². The highest BCUT2D eigenvalue weighted by Gasteiger charge is 2.25. The predicted octanol–water partition coefficient (Wildman–Crippen LogP) is 2.19. The summed E-state index contributed by atoms with van der Waals surface area (Å²) < 4.78 is 13.4. The summed E-state index contributed by atoms with van der Waals surface area (Å²) in [7, 11) is 0. The standard InChI is InChI=1S/C18H23N3O3/c1-4-20(18(22)11-21-14(3)9-13(2)19-21)10-15-12-23-16-7-5-6-8-17(16)24-15/h5-9,15H,4,10-12H2,1-3H3. The number of hydrogen-bond donors (Lipinski definition) is 0. The predicted molar refractivity (Wildman–Crippen MR) is 90.3 cm³/mol. The fourth-order valence-electron chi connectivity index (χ4n) is 2.87. The van der Waals surface area contributed by atoms with Gasteiger partial charge in [-0.05, 0) is 39.0 Å². The molecular weight excluding hydrogens is 306 g/mol. The zero-order valence-corrected chi connectivity index (χ0v) is 14.4. The smallest absolute Gasteiger partial charge is 0.244 e. The molecule has 1 aliphatic heterocycles. The van der Waals surface area contributed by atoms with Gasteiger partial charge in [-0.3, -0.25) is 9.48 Å². The summed E-state index contributed by atoms with van der Waals surface area (Å²) in [5, 5.41) is 4.36. The summed E-state index contributed by atoms with van der Waals surface area (Å²) in [6.45, 7) is 7.67. The lowest BCUT2D eigenvalue weighted by molar-refractivity contribution is -0.133. The van der Waals surface area contributed by atoms with E-state index in [0.29, 0.717) is 19.7 Å². The van der Waals surface area contributed by atoms with Crippen LogP contribution in [0.15, 0.2) is 30.3 Å². The van der Waals surface area contributed by atoms with E-state index in [1.807, 2.05) is 51.1 Å². The van der Waals surface area contributed by atoms with Crippen LogP contribution in [0, 0.1) is 13.8 Å². The number of aryl methyl sites for hydroxylation is 2. The summed E-state index contributed by atoms with van der Waals surface area (Å²) in [5.41, 5.74) is 1.91. The van der Waals surface area contributed by atoms with Crippen LogP contribution in [-0.2, 0) is 11.3 Å². The highest BCUT2D eigenvalue weighted by atomic mass is 16.6. The Balaban J connectivity index is 1.62. The molecule has 1 atom stereocenters. The number of carbonyl (C=O) groups excluding carboxylic acids is 1. The Hall–Kier alpha value is -2.50. The lowest BCUT2D eigenvalue weighted by atomic mass is 10.2. The molecule has 0 N–H and O–H groups in total. The van der Waals surface area contributed by atoms with Gasteiger partial charge < -0.3 is 14.4 Å². The van der Waals surface area contributed by atoms with Gasteiger partial charge in [0.25, 0.3) is 0 Å². The minimum atomic E-state index is -0.163. The molecule has 2 aromatic rings. The zero-order chi connectivity index (χ0) is 17.1. The molecule has 0 bridgehead atoms. The Morgan fingerprint density at radius 3 is 2.75 bits per heavy atom. The molecule has 1 aliphatic rings. The van der Waals surface area contributed by atoms with Crippen molar-refractivity contribution in [3.63, 3.8) is 0 Å². The molecule has 0 saturated heterocycles. The van der Waals surface area contributed by atoms with E-state index in [9.17, 15) is 4.79 Å². The third kappa shape index (κ3) is 3.53. The molecule has 24 heavy (non-hydrogen) atoms. The van der Waals surface area contributed by atoms with Crippen molar-refractivity contribution in [2.45, 2.75) is 33.4 Å². The number of ether oxygens (including phenoxy) is 2. The van der Waals surface area contributed by atoms with Gasteiger partial charge >= 0.3 is 0 Å². The molecule has 0 aliphatic carbocycles. The summed E-state index contributed by atoms with van der Waals surface area (Å²) in [6, 6.07) is 9.57. The lowest BCUT2D eigenvalue weighted by Crippen LogP contribution is -2.44. The van der Waals surface area contributed by atoms with E-state index in [0.717, 1.165) is 22.9 Å². The molecule has 0 spiro atoms. The largest absolute Gasteiger partial charge is 0.486 e. The molecule has 0 radical (unpaired) electrons. The Labute approximate surface area is 142 Å². The Morgan fingerprint density at radius 2 is 2.08 bits per heavy atom. The van der Waals surface area contributed by atoms with Crippen molar-refractivity contribution in [1.82, 2.24) is 14.7 Å². The average Bonchev–Trinajstić information content (AvgIpc) is 2.89. The average molecular weight is 329 g/mol. The van der Waals surface area contributed by atoms with E-state index in [1.165, 1.54) is 0 Å². The van der Waals surface area contributed by atoms with E-state index in [4.69, 9.17) is 9.47 Å². The first-order valence-electron chi connectivity index (χ1n) is 8.24. The van der Waals surface area contributed by atoms with Crippen LogP contribution < -0.4 is 9.47 Å². The molecular formula is C18H23N3O3. The van der Waals surface area contributed by atoms with Crippen LogP contribution in [0.25, 0.3) is 0 Å². The maximum Gasteiger partial charge on any atom is 0.244 e. The number of benzene rings is 1. The molecule has 1 aromatic heterocycles. The van der Waals surface area contributed by atoms with Gasteiger partial charge in [-0.25, -0.2) is 0 Å². The van der Waals surface area contributed by atoms with Gasteiger partial charge in [0, 0.05) is 12.2 Å². The monoisotopic (exact) mass is 329 g/mol. The summed E-state index contributed by atoms with van der Waals surface area (Å²) in [5.74, 6) is 1.52. The van der Waals surface area contributed by atoms with Gasteiger partial charge in [-0.15, -0.1) is 0 Å². The van der Waals surface area contributed by atoms with Crippen LogP contribution in [-0.4, -0.2) is 46.4 Å². The summed E-state index contributed by atoms with van der Waals surface area (Å²) in [6.07, 6.45) is -0.163. The van der Waals surface area contributed by atoms with Gasteiger partial charge in [0.05, 0.1) is 12.2 Å². The second-order valence-electron chi connectivity index (χ2n) is 6.01. The van der Waals surface area contributed by atoms with Gasteiger partial charge in [0.1, 0.15) is 13.2 Å². The van der Waals surface area contributed by atoms with Gasteiger partial charge in [-0.2, -0.15) is 5.10 Å². The Morgan fingerprint density at radius 1 is 1.33 bits per heavy atom. The Kier molecular flexibility index (Phi) is 4.74. The molecule has 0 saturated carbocycles. The van der Waals surface area contributed by atoms with Gasteiger partial charge in [-0.1, -0.05) is 12.1 Å². The molecule has 1 unspecified atom stereocenters. The summed E-state index contributed by atoms with van der Waals surface area (Å²) >= 11 is 0. The van der Waals surface area contributed by atoms with E-state index in [-0.39, 0.29) is 18.6 Å². The number of amides is 1. The number of para-hydroxylation sites is 2. The van der Waals surface area contributed by atoms with Crippen molar-refractivity contribution in [3.05, 3.63) is 41.7 Å². The molecule has 3 rings (SSSR count). The second-order valence-corrected chi connectivity index (χ2v) is 6.01. The quantitative estimate of drug-likeness (QED) is 0.844. The van der Waals surface area contributed by atoms with E-state index in [1.54, 1.807) is 9.58 Å². The molecule has 6 nitrogen and oxygen atoms in total. The van der Waals surface area contributed by atoms with Crippen LogP contribution in [0.4, 0.5) is 0 Å². The second kappa shape index (κ2) is 6.95. The van der Waals surface area contributed by atoms with Crippen molar-refractivity contribution in [1.29, 1.82) is 0 Å². The highest BCUT2D eigenvalue weighted by molar-refractivity contribution is 5.76. The minimum Gasteiger partial charge on any atom is -0.486 e. The van der Waals surface area contributed by atoms with E-state index >= 15 is 0 Å². The van der Waals surface area contributed by atoms with E-state index in [2.05, 4.69) is 5.10 Å². The maximum absolute atomic E-state index is 12.6. The number of carbonyl (C=O) groups is 1. The minimum absolute atomic E-state index is 0.0335. The SMILES string of the molecule is CCN(CC1COc2ccccc2O1)C(=O)Cn1nc(C)cc1C. The number of hydrogen-bond acceptors (Lipinski definition) is 4. The topological polar surface area (TPSA) is 56.6 Å². The van der Waals surface area contributed by atoms with Crippen molar-refractivity contribution < 1.29 is 14.3 Å². The van der Waals surface area contributed by atoms with Crippen LogP contribution in [0.1, 0.15) is 18.3 Å². The molecule has 2 heterocycles. The number of likely N-dealkylation sites (N-methyl/N-ethyl adjacent to an activating group) is 1. The molecule has 6 heteroatoms. The Bertz CT molecular complexity index is 726. The number of fused-ring (bicyclic) bond motifs is 1. The molecule has 0 fully saturated rings. The van der Waals surface area contributed by atoms with Crippen LogP contribution in [0.5, 0.6) is 11.5 Å². The molecule has 1 amide bonds. The fraction of sp³-hybridized carbons (Fsp3) is 0.444. The number of aromatic nitrogens is 2. The first kappa shape index (κ1) is 16.4. The van der Waals surface area contributed by atoms with Crippen molar-refractivity contribution in [2.24, 2.45) is 0 Å². The van der Waals surface area contributed by atoms with Crippen LogP contribution in [0.2, 0.25) is 0 Å². The first-order valence-corrected chi connectivity index (χ1v) is 8.24. The van der Waals surface area contributed by atoms with Crippen molar-refractivity contribution in [2.75, 3.05) is 19.7 Å².